The van der Waals surface area contributed by atoms with Gasteiger partial charge in [0.25, 0.3) is 0 Å². The molecule has 0 unspecified atom stereocenters. The number of halogens is 2. The van der Waals surface area contributed by atoms with Gasteiger partial charge in [-0.15, -0.1) is 0 Å². The molecule has 1 N–H and O–H groups in total. The van der Waals surface area contributed by atoms with Gasteiger partial charge in [0.2, 0.25) is 5.91 Å². The summed E-state index contributed by atoms with van der Waals surface area (Å²) in [7, 11) is 3.81. The first kappa shape index (κ1) is 20.7. The summed E-state index contributed by atoms with van der Waals surface area (Å²) in [6.45, 7) is 3.85. The van der Waals surface area contributed by atoms with Crippen LogP contribution in [-0.2, 0) is 11.2 Å². The summed E-state index contributed by atoms with van der Waals surface area (Å²) < 4.78 is 14.9. The summed E-state index contributed by atoms with van der Waals surface area (Å²) in [5.74, 6) is 0.786. The summed E-state index contributed by atoms with van der Waals surface area (Å²) in [5, 5.41) is 7.46. The Bertz CT molecular complexity index is 1050. The van der Waals surface area contributed by atoms with E-state index in [1.165, 1.54) is 24.5 Å². The fraction of sp³-hybridized carbons (Fsp3) is 0.300. The average Bonchev–Trinajstić information content (AvgIpc) is 2.96. The van der Waals surface area contributed by atoms with Crippen molar-refractivity contribution in [1.82, 2.24) is 19.7 Å². The molecular formula is C20H22ClFN6O. The van der Waals surface area contributed by atoms with Crippen molar-refractivity contribution in [2.24, 2.45) is 0 Å². The maximum absolute atomic E-state index is 13.1. The van der Waals surface area contributed by atoms with Gasteiger partial charge in [-0.2, -0.15) is 5.10 Å². The van der Waals surface area contributed by atoms with Gasteiger partial charge in [0.15, 0.2) is 5.82 Å². The van der Waals surface area contributed by atoms with E-state index in [0.29, 0.717) is 17.9 Å². The van der Waals surface area contributed by atoms with Gasteiger partial charge in [-0.25, -0.2) is 19.0 Å². The van der Waals surface area contributed by atoms with Crippen molar-refractivity contribution in [3.05, 3.63) is 58.4 Å². The number of aromatic nitrogens is 4. The Morgan fingerprint density at radius 3 is 2.69 bits per heavy atom. The lowest BCUT2D eigenvalue weighted by Gasteiger charge is -2.12. The second-order valence-electron chi connectivity index (χ2n) is 6.86. The highest BCUT2D eigenvalue weighted by Gasteiger charge is 2.16. The van der Waals surface area contributed by atoms with Crippen LogP contribution in [-0.4, -0.2) is 39.8 Å². The normalized spacial score (nSPS) is 10.8. The number of anilines is 2. The predicted molar refractivity (Wildman–Crippen MR) is 111 cm³/mol. The van der Waals surface area contributed by atoms with Crippen LogP contribution in [0.3, 0.4) is 0 Å². The fourth-order valence-electron chi connectivity index (χ4n) is 3.00. The molecule has 0 aliphatic carbocycles. The van der Waals surface area contributed by atoms with E-state index in [4.69, 9.17) is 11.6 Å². The number of rotatable bonds is 6. The fourth-order valence-corrected chi connectivity index (χ4v) is 3.21. The van der Waals surface area contributed by atoms with E-state index < -0.39 is 5.82 Å². The monoisotopic (exact) mass is 416 g/mol. The van der Waals surface area contributed by atoms with E-state index in [9.17, 15) is 9.18 Å². The van der Waals surface area contributed by atoms with Crippen molar-refractivity contribution < 1.29 is 9.18 Å². The van der Waals surface area contributed by atoms with Crippen LogP contribution in [0, 0.1) is 19.7 Å². The van der Waals surface area contributed by atoms with Gasteiger partial charge in [-0.05, 0) is 44.0 Å². The van der Waals surface area contributed by atoms with Gasteiger partial charge >= 0.3 is 0 Å². The first-order valence-electron chi connectivity index (χ1n) is 9.06. The molecule has 29 heavy (non-hydrogen) atoms. The highest BCUT2D eigenvalue weighted by Crippen LogP contribution is 2.23. The molecule has 152 valence electrons. The third-order valence-electron chi connectivity index (χ3n) is 4.56. The molecule has 0 radical (unpaired) electrons. The van der Waals surface area contributed by atoms with Crippen molar-refractivity contribution in [3.63, 3.8) is 0 Å². The van der Waals surface area contributed by atoms with Crippen molar-refractivity contribution >= 4 is 29.0 Å². The molecule has 0 aliphatic heterocycles. The van der Waals surface area contributed by atoms with Gasteiger partial charge in [0.05, 0.1) is 16.4 Å². The first-order valence-corrected chi connectivity index (χ1v) is 9.44. The molecule has 3 rings (SSSR count). The zero-order chi connectivity index (χ0) is 21.1. The quantitative estimate of drug-likeness (QED) is 0.663. The number of hydrogen-bond donors (Lipinski definition) is 1. The minimum Gasteiger partial charge on any atom is -0.363 e. The number of hydrogen-bond acceptors (Lipinski definition) is 5. The SMILES string of the molecule is Cc1nn(-c2cc(N(C)C)ncn2)c(C)c1CCC(=O)Nc1ccc(F)cc1Cl. The molecular weight excluding hydrogens is 395 g/mol. The van der Waals surface area contributed by atoms with E-state index in [1.54, 1.807) is 4.68 Å². The topological polar surface area (TPSA) is 75.9 Å². The van der Waals surface area contributed by atoms with Gasteiger partial charge < -0.3 is 10.2 Å². The molecule has 0 spiro atoms. The van der Waals surface area contributed by atoms with Crippen molar-refractivity contribution in [1.29, 1.82) is 0 Å². The van der Waals surface area contributed by atoms with Crippen LogP contribution in [0.4, 0.5) is 15.9 Å². The summed E-state index contributed by atoms with van der Waals surface area (Å²) in [4.78, 5) is 22.8. The average molecular weight is 417 g/mol. The molecule has 0 bridgehead atoms. The smallest absolute Gasteiger partial charge is 0.224 e. The maximum Gasteiger partial charge on any atom is 0.224 e. The molecule has 3 aromatic rings. The highest BCUT2D eigenvalue weighted by atomic mass is 35.5. The molecule has 2 aromatic heterocycles. The van der Waals surface area contributed by atoms with Crippen LogP contribution < -0.4 is 10.2 Å². The predicted octanol–water partition coefficient (Wildman–Crippen LogP) is 3.71. The Kier molecular flexibility index (Phi) is 6.12. The van der Waals surface area contributed by atoms with E-state index in [-0.39, 0.29) is 17.4 Å². The Labute approximate surface area is 173 Å². The Morgan fingerprint density at radius 1 is 1.24 bits per heavy atom. The van der Waals surface area contributed by atoms with Crippen LogP contribution in [0.5, 0.6) is 0 Å². The Morgan fingerprint density at radius 2 is 2.00 bits per heavy atom. The summed E-state index contributed by atoms with van der Waals surface area (Å²) in [6.07, 6.45) is 2.25. The lowest BCUT2D eigenvalue weighted by atomic mass is 10.1. The lowest BCUT2D eigenvalue weighted by Crippen LogP contribution is -2.13. The van der Waals surface area contributed by atoms with Gasteiger partial charge in [0.1, 0.15) is 18.0 Å². The van der Waals surface area contributed by atoms with E-state index in [1.807, 2.05) is 38.9 Å². The number of carbonyl (C=O) groups excluding carboxylic acids is 1. The molecule has 0 saturated heterocycles. The molecule has 0 fully saturated rings. The zero-order valence-corrected chi connectivity index (χ0v) is 17.5. The highest BCUT2D eigenvalue weighted by molar-refractivity contribution is 6.33. The van der Waals surface area contributed by atoms with Crippen LogP contribution in [0.25, 0.3) is 5.82 Å². The maximum atomic E-state index is 13.1. The Hall–Kier alpha value is -3.00. The van der Waals surface area contributed by atoms with Crippen LogP contribution in [0.1, 0.15) is 23.4 Å². The first-order chi connectivity index (χ1) is 13.8. The molecule has 7 nitrogen and oxygen atoms in total. The van der Waals surface area contributed by atoms with Crippen molar-refractivity contribution in [2.75, 3.05) is 24.3 Å². The summed E-state index contributed by atoms with van der Waals surface area (Å²) in [6, 6.07) is 5.72. The Balaban J connectivity index is 1.74. The van der Waals surface area contributed by atoms with Crippen LogP contribution in [0.15, 0.2) is 30.6 Å². The molecule has 1 amide bonds. The molecule has 0 aliphatic rings. The lowest BCUT2D eigenvalue weighted by molar-refractivity contribution is -0.116. The van der Waals surface area contributed by atoms with Crippen molar-refractivity contribution in [2.45, 2.75) is 26.7 Å². The summed E-state index contributed by atoms with van der Waals surface area (Å²) >= 11 is 5.96. The van der Waals surface area contributed by atoms with Gasteiger partial charge in [0, 0.05) is 32.3 Å². The third kappa shape index (κ3) is 4.71. The summed E-state index contributed by atoms with van der Waals surface area (Å²) in [5.41, 5.74) is 3.12. The molecule has 1 aromatic carbocycles. The number of carbonyl (C=O) groups is 1. The standard InChI is InChI=1S/C20H22ClFN6O/c1-12-15(6-8-20(29)25-17-7-5-14(22)9-16(17)21)13(2)28(26-12)19-10-18(27(3)4)23-11-24-19/h5,7,9-11H,6,8H2,1-4H3,(H,25,29). The second-order valence-corrected chi connectivity index (χ2v) is 7.27. The number of aryl methyl sites for hydroxylation is 1. The van der Waals surface area contributed by atoms with E-state index >= 15 is 0 Å². The third-order valence-corrected chi connectivity index (χ3v) is 4.87. The zero-order valence-electron chi connectivity index (χ0n) is 16.7. The molecule has 0 saturated carbocycles. The molecule has 0 atom stereocenters. The number of amides is 1. The van der Waals surface area contributed by atoms with Gasteiger partial charge in [-0.3, -0.25) is 4.79 Å². The van der Waals surface area contributed by atoms with Crippen LogP contribution >= 0.6 is 11.6 Å². The number of benzene rings is 1. The molecule has 2 heterocycles. The van der Waals surface area contributed by atoms with E-state index in [2.05, 4.69) is 20.4 Å². The second kappa shape index (κ2) is 8.57. The van der Waals surface area contributed by atoms with Gasteiger partial charge in [-0.1, -0.05) is 11.6 Å². The van der Waals surface area contributed by atoms with E-state index in [0.717, 1.165) is 22.8 Å². The van der Waals surface area contributed by atoms with Crippen molar-refractivity contribution in [3.8, 4) is 5.82 Å². The minimum atomic E-state index is -0.450. The minimum absolute atomic E-state index is 0.166. The number of nitrogens with one attached hydrogen (secondary N) is 1. The number of nitrogens with zero attached hydrogens (tertiary/aromatic N) is 5. The molecule has 9 heteroatoms. The van der Waals surface area contributed by atoms with Crippen LogP contribution in [0.2, 0.25) is 5.02 Å². The largest absolute Gasteiger partial charge is 0.363 e.